The molecule has 17 heavy (non-hydrogen) atoms. The summed E-state index contributed by atoms with van der Waals surface area (Å²) in [6, 6.07) is 6.54. The number of hydrogen-bond donors (Lipinski definition) is 0. The Morgan fingerprint density at radius 2 is 2.12 bits per heavy atom. The number of fused-ring (bicyclic) bond motifs is 1. The highest BCUT2D eigenvalue weighted by atomic mass is 15.1. The highest BCUT2D eigenvalue weighted by molar-refractivity contribution is 5.62. The Morgan fingerprint density at radius 1 is 1.29 bits per heavy atom. The fraction of sp³-hybridized carbons (Fsp3) is 0.500. The van der Waals surface area contributed by atoms with Gasteiger partial charge in [-0.05, 0) is 50.3 Å². The van der Waals surface area contributed by atoms with E-state index >= 15 is 0 Å². The molecule has 1 saturated carbocycles. The van der Waals surface area contributed by atoms with Crippen LogP contribution in [-0.2, 0) is 6.42 Å². The van der Waals surface area contributed by atoms with Gasteiger partial charge in [-0.3, -0.25) is 0 Å². The number of benzene rings is 1. The lowest BCUT2D eigenvalue weighted by Crippen LogP contribution is -2.25. The summed E-state index contributed by atoms with van der Waals surface area (Å²) in [6.07, 6.45) is 4.98. The monoisotopic (exact) mass is 225 g/mol. The van der Waals surface area contributed by atoms with Crippen molar-refractivity contribution in [2.24, 2.45) is 5.41 Å². The van der Waals surface area contributed by atoms with Crippen molar-refractivity contribution in [3.05, 3.63) is 29.3 Å². The van der Waals surface area contributed by atoms with Crippen LogP contribution in [0.2, 0.25) is 0 Å². The Balaban J connectivity index is 1.99. The zero-order valence-electron chi connectivity index (χ0n) is 10.7. The van der Waals surface area contributed by atoms with E-state index in [4.69, 9.17) is 0 Å². The van der Waals surface area contributed by atoms with Crippen LogP contribution in [0, 0.1) is 17.3 Å². The van der Waals surface area contributed by atoms with Crippen LogP contribution in [0.1, 0.15) is 37.3 Å². The summed E-state index contributed by atoms with van der Waals surface area (Å²) in [4.78, 5) is 2.35. The average Bonchev–Trinajstić information content (AvgIpc) is 3.06. The molecule has 0 atom stereocenters. The van der Waals surface area contributed by atoms with Crippen molar-refractivity contribution < 1.29 is 0 Å². The van der Waals surface area contributed by atoms with Crippen LogP contribution in [0.5, 0.6) is 0 Å². The number of rotatable bonds is 0. The van der Waals surface area contributed by atoms with Gasteiger partial charge in [-0.15, -0.1) is 0 Å². The normalized spacial score (nSPS) is 20.2. The standard InChI is InChI=1S/C16H19N/c1-16(10-11-16)9-8-13-5-3-7-15-14(13)6-4-12-17(15)2/h3,5,7H,4,6,10-12H2,1-2H3. The van der Waals surface area contributed by atoms with E-state index in [1.54, 1.807) is 0 Å². The van der Waals surface area contributed by atoms with E-state index < -0.39 is 0 Å². The maximum absolute atomic E-state index is 3.45. The van der Waals surface area contributed by atoms with Gasteiger partial charge in [0.05, 0.1) is 0 Å². The second-order valence-electron chi connectivity index (χ2n) is 5.64. The molecule has 0 amide bonds. The lowest BCUT2D eigenvalue weighted by Gasteiger charge is -2.28. The molecule has 0 saturated heterocycles. The Kier molecular flexibility index (Phi) is 2.40. The van der Waals surface area contributed by atoms with Crippen LogP contribution >= 0.6 is 0 Å². The molecule has 1 aliphatic carbocycles. The van der Waals surface area contributed by atoms with Crippen LogP contribution in [-0.4, -0.2) is 13.6 Å². The molecule has 1 aliphatic heterocycles. The van der Waals surface area contributed by atoms with E-state index in [0.29, 0.717) is 5.41 Å². The molecular formula is C16H19N. The molecule has 0 radical (unpaired) electrons. The first kappa shape index (κ1) is 10.7. The molecule has 88 valence electrons. The topological polar surface area (TPSA) is 3.24 Å². The van der Waals surface area contributed by atoms with Gasteiger partial charge in [0.1, 0.15) is 0 Å². The fourth-order valence-electron chi connectivity index (χ4n) is 2.46. The van der Waals surface area contributed by atoms with Crippen LogP contribution < -0.4 is 4.90 Å². The first-order chi connectivity index (χ1) is 8.18. The molecule has 1 heteroatoms. The minimum Gasteiger partial charge on any atom is -0.374 e. The van der Waals surface area contributed by atoms with E-state index in [1.807, 2.05) is 0 Å². The molecule has 1 fully saturated rings. The van der Waals surface area contributed by atoms with Gasteiger partial charge in [0, 0.05) is 30.3 Å². The van der Waals surface area contributed by atoms with E-state index in [9.17, 15) is 0 Å². The maximum atomic E-state index is 3.45. The minimum atomic E-state index is 0.323. The number of anilines is 1. The summed E-state index contributed by atoms with van der Waals surface area (Å²) < 4.78 is 0. The predicted octanol–water partition coefficient (Wildman–Crippen LogP) is 3.22. The van der Waals surface area contributed by atoms with Gasteiger partial charge in [-0.25, -0.2) is 0 Å². The van der Waals surface area contributed by atoms with Crippen molar-refractivity contribution in [1.82, 2.24) is 0 Å². The zero-order chi connectivity index (χ0) is 11.9. The molecule has 0 unspecified atom stereocenters. The quantitative estimate of drug-likeness (QED) is 0.613. The molecule has 1 aromatic rings. The van der Waals surface area contributed by atoms with E-state index in [2.05, 4.69) is 48.9 Å². The van der Waals surface area contributed by atoms with Crippen LogP contribution in [0.15, 0.2) is 18.2 Å². The molecule has 3 rings (SSSR count). The van der Waals surface area contributed by atoms with Gasteiger partial charge in [0.2, 0.25) is 0 Å². The third kappa shape index (κ3) is 2.05. The molecule has 1 nitrogen and oxygen atoms in total. The molecule has 0 aromatic heterocycles. The summed E-state index contributed by atoms with van der Waals surface area (Å²) in [6.45, 7) is 3.43. The second-order valence-corrected chi connectivity index (χ2v) is 5.64. The molecule has 2 aliphatic rings. The number of nitrogens with zero attached hydrogens (tertiary/aromatic N) is 1. The average molecular weight is 225 g/mol. The Bertz CT molecular complexity index is 500. The fourth-order valence-corrected chi connectivity index (χ4v) is 2.46. The van der Waals surface area contributed by atoms with Crippen LogP contribution in [0.25, 0.3) is 0 Å². The van der Waals surface area contributed by atoms with E-state index in [-0.39, 0.29) is 0 Å². The molecule has 1 aromatic carbocycles. The van der Waals surface area contributed by atoms with E-state index in [0.717, 1.165) is 0 Å². The second kappa shape index (κ2) is 3.81. The molecule has 0 N–H and O–H groups in total. The Morgan fingerprint density at radius 3 is 2.88 bits per heavy atom. The highest BCUT2D eigenvalue weighted by Crippen LogP contribution is 2.44. The summed E-state index contributed by atoms with van der Waals surface area (Å²) in [5, 5.41) is 0. The van der Waals surface area contributed by atoms with Gasteiger partial charge in [-0.1, -0.05) is 17.9 Å². The van der Waals surface area contributed by atoms with Crippen molar-refractivity contribution in [1.29, 1.82) is 0 Å². The van der Waals surface area contributed by atoms with Crippen molar-refractivity contribution in [3.8, 4) is 11.8 Å². The number of hydrogen-bond acceptors (Lipinski definition) is 1. The third-order valence-electron chi connectivity index (χ3n) is 3.98. The first-order valence-electron chi connectivity index (χ1n) is 6.54. The highest BCUT2D eigenvalue weighted by Gasteiger charge is 2.35. The van der Waals surface area contributed by atoms with Gasteiger partial charge >= 0.3 is 0 Å². The third-order valence-corrected chi connectivity index (χ3v) is 3.98. The lowest BCUT2D eigenvalue weighted by molar-refractivity contribution is 0.742. The van der Waals surface area contributed by atoms with Gasteiger partial charge < -0.3 is 4.90 Å². The first-order valence-corrected chi connectivity index (χ1v) is 6.54. The molecule has 0 spiro atoms. The summed E-state index contributed by atoms with van der Waals surface area (Å²) in [5.74, 6) is 6.86. The van der Waals surface area contributed by atoms with Gasteiger partial charge in [0.25, 0.3) is 0 Å². The Labute approximate surface area is 104 Å². The van der Waals surface area contributed by atoms with Crippen molar-refractivity contribution >= 4 is 5.69 Å². The van der Waals surface area contributed by atoms with Crippen LogP contribution in [0.4, 0.5) is 5.69 Å². The maximum Gasteiger partial charge on any atom is 0.0408 e. The summed E-state index contributed by atoms with van der Waals surface area (Å²) >= 11 is 0. The van der Waals surface area contributed by atoms with Gasteiger partial charge in [-0.2, -0.15) is 0 Å². The van der Waals surface area contributed by atoms with E-state index in [1.165, 1.54) is 49.0 Å². The lowest BCUT2D eigenvalue weighted by atomic mass is 9.96. The largest absolute Gasteiger partial charge is 0.374 e. The van der Waals surface area contributed by atoms with Gasteiger partial charge in [0.15, 0.2) is 0 Å². The predicted molar refractivity (Wildman–Crippen MR) is 72.3 cm³/mol. The molecular weight excluding hydrogens is 206 g/mol. The molecule has 1 heterocycles. The summed E-state index contributed by atoms with van der Waals surface area (Å²) in [7, 11) is 2.18. The van der Waals surface area contributed by atoms with Crippen molar-refractivity contribution in [2.75, 3.05) is 18.5 Å². The summed E-state index contributed by atoms with van der Waals surface area (Å²) in [5.41, 5.74) is 4.41. The van der Waals surface area contributed by atoms with Crippen LogP contribution in [0.3, 0.4) is 0 Å². The molecule has 0 bridgehead atoms. The Hall–Kier alpha value is -1.42. The van der Waals surface area contributed by atoms with Crippen molar-refractivity contribution in [3.63, 3.8) is 0 Å². The minimum absolute atomic E-state index is 0.323. The smallest absolute Gasteiger partial charge is 0.0408 e. The zero-order valence-corrected chi connectivity index (χ0v) is 10.7. The SMILES string of the molecule is CN1CCCc2c(C#CC3(C)CC3)cccc21. The van der Waals surface area contributed by atoms with Crippen molar-refractivity contribution in [2.45, 2.75) is 32.6 Å².